The van der Waals surface area contributed by atoms with Gasteiger partial charge in [0.05, 0.1) is 0 Å². The van der Waals surface area contributed by atoms with E-state index in [1.807, 2.05) is 28.8 Å². The highest BCUT2D eigenvalue weighted by Crippen LogP contribution is 2.25. The Labute approximate surface area is 176 Å². The zero-order valence-corrected chi connectivity index (χ0v) is 17.5. The zero-order chi connectivity index (χ0) is 18.7. The third-order valence-corrected chi connectivity index (χ3v) is 4.68. The predicted molar refractivity (Wildman–Crippen MR) is 112 cm³/mol. The topological polar surface area (TPSA) is 94.4 Å². The lowest BCUT2D eigenvalue weighted by Gasteiger charge is -2.35. The van der Waals surface area contributed by atoms with Crippen molar-refractivity contribution in [3.63, 3.8) is 0 Å². The number of aromatic nitrogens is 3. The molecule has 0 bridgehead atoms. The molecule has 1 aliphatic rings. The molecular formula is C17H26Cl2FN7O. The smallest absolute Gasteiger partial charge is 0.241 e. The first-order valence-electron chi connectivity index (χ1n) is 8.57. The molecule has 0 saturated carbocycles. The molecule has 0 spiro atoms. The molecule has 1 fully saturated rings. The summed E-state index contributed by atoms with van der Waals surface area (Å²) in [7, 11) is 3.72. The Balaban J connectivity index is 0.00000196. The van der Waals surface area contributed by atoms with Gasteiger partial charge in [0.15, 0.2) is 0 Å². The summed E-state index contributed by atoms with van der Waals surface area (Å²) in [6, 6.07) is 6.32. The summed E-state index contributed by atoms with van der Waals surface area (Å²) in [5.41, 5.74) is 6.07. The minimum Gasteiger partial charge on any atom is -0.366 e. The number of amides is 1. The fourth-order valence-corrected chi connectivity index (χ4v) is 3.19. The van der Waals surface area contributed by atoms with E-state index >= 15 is 0 Å². The number of rotatable bonds is 5. The van der Waals surface area contributed by atoms with Crippen LogP contribution >= 0.6 is 24.8 Å². The molecule has 1 amide bonds. The van der Waals surface area contributed by atoms with Crippen LogP contribution in [-0.4, -0.2) is 71.2 Å². The number of aromatic amines is 1. The normalized spacial score (nSPS) is 15.0. The second-order valence-electron chi connectivity index (χ2n) is 6.59. The minimum absolute atomic E-state index is 0. The number of benzene rings is 1. The van der Waals surface area contributed by atoms with Crippen LogP contribution in [0.1, 0.15) is 18.0 Å². The summed E-state index contributed by atoms with van der Waals surface area (Å²) < 4.78 is 14.1. The highest BCUT2D eigenvalue weighted by atomic mass is 35.5. The van der Waals surface area contributed by atoms with Gasteiger partial charge in [-0.3, -0.25) is 4.79 Å². The van der Waals surface area contributed by atoms with E-state index in [1.54, 1.807) is 18.2 Å². The van der Waals surface area contributed by atoms with Crippen molar-refractivity contribution < 1.29 is 9.18 Å². The number of nitrogen functional groups attached to an aromatic ring is 1. The fourth-order valence-electron chi connectivity index (χ4n) is 3.19. The first-order chi connectivity index (χ1) is 12.5. The van der Waals surface area contributed by atoms with E-state index in [2.05, 4.69) is 15.2 Å². The molecule has 1 aromatic carbocycles. The molecule has 156 valence electrons. The largest absolute Gasteiger partial charge is 0.366 e. The third-order valence-electron chi connectivity index (χ3n) is 4.68. The van der Waals surface area contributed by atoms with Crippen molar-refractivity contribution in [2.24, 2.45) is 0 Å². The lowest BCUT2D eigenvalue weighted by molar-refractivity contribution is -0.132. The van der Waals surface area contributed by atoms with Crippen molar-refractivity contribution in [1.82, 2.24) is 25.0 Å². The maximum atomic E-state index is 14.1. The van der Waals surface area contributed by atoms with Crippen LogP contribution in [0.15, 0.2) is 24.3 Å². The maximum Gasteiger partial charge on any atom is 0.241 e. The van der Waals surface area contributed by atoms with Crippen LogP contribution in [0.2, 0.25) is 0 Å². The highest BCUT2D eigenvalue weighted by molar-refractivity contribution is 5.85. The van der Waals surface area contributed by atoms with Crippen LogP contribution in [0, 0.1) is 5.82 Å². The van der Waals surface area contributed by atoms with Crippen molar-refractivity contribution in [3.8, 4) is 0 Å². The number of anilines is 2. The minimum atomic E-state index is -0.296. The number of carbonyl (C=O) groups excluding carboxylic acids is 1. The Morgan fingerprint density at radius 3 is 2.43 bits per heavy atom. The van der Waals surface area contributed by atoms with Gasteiger partial charge < -0.3 is 20.4 Å². The van der Waals surface area contributed by atoms with Crippen LogP contribution in [0.5, 0.6) is 0 Å². The molecule has 0 radical (unpaired) electrons. The van der Waals surface area contributed by atoms with Crippen molar-refractivity contribution in [3.05, 3.63) is 35.6 Å². The summed E-state index contributed by atoms with van der Waals surface area (Å²) >= 11 is 0. The van der Waals surface area contributed by atoms with Crippen LogP contribution < -0.4 is 10.6 Å². The lowest BCUT2D eigenvalue weighted by atomic mass is 10.0. The number of nitrogens with one attached hydrogen (secondary N) is 1. The number of carbonyl (C=O) groups is 1. The maximum absolute atomic E-state index is 14.1. The number of hydrogen-bond acceptors (Lipinski definition) is 6. The molecule has 1 unspecified atom stereocenters. The van der Waals surface area contributed by atoms with E-state index in [1.165, 1.54) is 6.07 Å². The van der Waals surface area contributed by atoms with Gasteiger partial charge in [0.2, 0.25) is 17.8 Å². The molecular weight excluding hydrogens is 408 g/mol. The monoisotopic (exact) mass is 433 g/mol. The molecule has 1 atom stereocenters. The van der Waals surface area contributed by atoms with Crippen molar-refractivity contribution >= 4 is 42.6 Å². The van der Waals surface area contributed by atoms with Gasteiger partial charge in [-0.2, -0.15) is 4.98 Å². The lowest BCUT2D eigenvalue weighted by Crippen LogP contribution is -2.49. The van der Waals surface area contributed by atoms with Gasteiger partial charge in [0.1, 0.15) is 5.82 Å². The number of halogens is 3. The standard InChI is InChI=1S/C17H24FN7O.2ClH/c1-23(2)14(12-5-3-4-6-13(12)18)11-15(26)24-7-9-25(10-8-24)17-20-16(19)21-22-17;;/h3-6,14H,7-11H2,1-2H3,(H3,19,20,21,22);2*1H. The van der Waals surface area contributed by atoms with E-state index in [9.17, 15) is 9.18 Å². The second-order valence-corrected chi connectivity index (χ2v) is 6.59. The SMILES string of the molecule is CN(C)C(CC(=O)N1CCN(c2nc(N)n[nH]2)CC1)c1ccccc1F.Cl.Cl. The first-order valence-corrected chi connectivity index (χ1v) is 8.57. The highest BCUT2D eigenvalue weighted by Gasteiger charge is 2.27. The summed E-state index contributed by atoms with van der Waals surface area (Å²) in [6.07, 6.45) is 0.239. The van der Waals surface area contributed by atoms with Gasteiger partial charge in [-0.25, -0.2) is 9.49 Å². The second kappa shape index (κ2) is 10.4. The third kappa shape index (κ3) is 5.46. The molecule has 3 N–H and O–H groups in total. The van der Waals surface area contributed by atoms with E-state index < -0.39 is 0 Å². The average Bonchev–Trinajstić information content (AvgIpc) is 3.06. The number of H-pyrrole nitrogens is 1. The molecule has 0 aliphatic carbocycles. The molecule has 1 aromatic heterocycles. The quantitative estimate of drug-likeness (QED) is 0.744. The Kier molecular flexibility index (Phi) is 8.93. The molecule has 28 heavy (non-hydrogen) atoms. The van der Waals surface area contributed by atoms with Crippen LogP contribution in [-0.2, 0) is 4.79 Å². The van der Waals surface area contributed by atoms with E-state index in [0.717, 1.165) is 0 Å². The zero-order valence-electron chi connectivity index (χ0n) is 15.8. The van der Waals surface area contributed by atoms with Gasteiger partial charge in [0, 0.05) is 44.2 Å². The van der Waals surface area contributed by atoms with Gasteiger partial charge in [0.25, 0.3) is 0 Å². The summed E-state index contributed by atoms with van der Waals surface area (Å²) in [5.74, 6) is 0.555. The number of piperazine rings is 1. The van der Waals surface area contributed by atoms with Gasteiger partial charge in [-0.1, -0.05) is 18.2 Å². The number of nitrogens with two attached hydrogens (primary N) is 1. The van der Waals surface area contributed by atoms with Crippen LogP contribution in [0.4, 0.5) is 16.3 Å². The van der Waals surface area contributed by atoms with E-state index in [-0.39, 0.29) is 54.9 Å². The number of nitrogens with zero attached hydrogens (tertiary/aromatic N) is 5. The molecule has 1 aliphatic heterocycles. The number of hydrogen-bond donors (Lipinski definition) is 2. The van der Waals surface area contributed by atoms with Crippen LogP contribution in [0.25, 0.3) is 0 Å². The van der Waals surface area contributed by atoms with Crippen LogP contribution in [0.3, 0.4) is 0 Å². The van der Waals surface area contributed by atoms with Gasteiger partial charge in [-0.05, 0) is 20.2 Å². The average molecular weight is 434 g/mol. The van der Waals surface area contributed by atoms with E-state index in [4.69, 9.17) is 5.73 Å². The summed E-state index contributed by atoms with van der Waals surface area (Å²) in [6.45, 7) is 2.45. The predicted octanol–water partition coefficient (Wildman–Crippen LogP) is 1.71. The Bertz CT molecular complexity index is 765. The Morgan fingerprint density at radius 1 is 1.25 bits per heavy atom. The first kappa shape index (κ1) is 23.9. The van der Waals surface area contributed by atoms with Crippen molar-refractivity contribution in [2.75, 3.05) is 50.9 Å². The van der Waals surface area contributed by atoms with Gasteiger partial charge >= 0.3 is 0 Å². The van der Waals surface area contributed by atoms with E-state index in [0.29, 0.717) is 37.7 Å². The Hall–Kier alpha value is -2.10. The fraction of sp³-hybridized carbons (Fsp3) is 0.471. The molecule has 8 nitrogen and oxygen atoms in total. The molecule has 1 saturated heterocycles. The molecule has 11 heteroatoms. The molecule has 3 rings (SSSR count). The van der Waals surface area contributed by atoms with Gasteiger partial charge in [-0.15, -0.1) is 29.9 Å². The van der Waals surface area contributed by atoms with Crippen molar-refractivity contribution in [2.45, 2.75) is 12.5 Å². The summed E-state index contributed by atoms with van der Waals surface area (Å²) in [4.78, 5) is 22.6. The Morgan fingerprint density at radius 2 is 1.89 bits per heavy atom. The summed E-state index contributed by atoms with van der Waals surface area (Å²) in [5, 5.41) is 6.61. The van der Waals surface area contributed by atoms with Crippen molar-refractivity contribution in [1.29, 1.82) is 0 Å². The molecule has 2 heterocycles. The molecule has 2 aromatic rings.